The fourth-order valence-electron chi connectivity index (χ4n) is 2.53. The van der Waals surface area contributed by atoms with Gasteiger partial charge in [0.25, 0.3) is 0 Å². The lowest BCUT2D eigenvalue weighted by molar-refractivity contribution is 0.277. The second kappa shape index (κ2) is 6.23. The summed E-state index contributed by atoms with van der Waals surface area (Å²) in [5.74, 6) is 0.940. The van der Waals surface area contributed by atoms with E-state index >= 15 is 0 Å². The third kappa shape index (κ3) is 4.10. The van der Waals surface area contributed by atoms with E-state index in [9.17, 15) is 0 Å². The molecule has 1 aliphatic heterocycles. The van der Waals surface area contributed by atoms with Crippen LogP contribution in [0.2, 0.25) is 0 Å². The van der Waals surface area contributed by atoms with Crippen molar-refractivity contribution in [3.8, 4) is 5.75 Å². The molecular weight excluding hydrogens is 260 g/mol. The third-order valence-electron chi connectivity index (χ3n) is 4.72. The predicted molar refractivity (Wildman–Crippen MR) is 87.9 cm³/mol. The van der Waals surface area contributed by atoms with Crippen LogP contribution in [0.3, 0.4) is 0 Å². The SMILES string of the molecule is CCc1ccc(OC/C=C(\C)CCC2(C)OC2(C)C)cc1. The maximum atomic E-state index is 5.78. The minimum absolute atomic E-state index is 0.0464. The Bertz CT molecular complexity index is 499. The molecule has 0 spiro atoms. The maximum Gasteiger partial charge on any atom is 0.119 e. The van der Waals surface area contributed by atoms with E-state index in [0.717, 1.165) is 25.0 Å². The summed E-state index contributed by atoms with van der Waals surface area (Å²) in [6.45, 7) is 11.5. The van der Waals surface area contributed by atoms with Gasteiger partial charge in [-0.25, -0.2) is 0 Å². The smallest absolute Gasteiger partial charge is 0.119 e. The second-order valence-corrected chi connectivity index (χ2v) is 6.70. The van der Waals surface area contributed by atoms with Crippen molar-refractivity contribution in [2.75, 3.05) is 6.61 Å². The van der Waals surface area contributed by atoms with Crippen LogP contribution in [-0.4, -0.2) is 17.8 Å². The first-order valence-electron chi connectivity index (χ1n) is 7.94. The van der Waals surface area contributed by atoms with Gasteiger partial charge in [0, 0.05) is 0 Å². The highest BCUT2D eigenvalue weighted by Crippen LogP contribution is 2.50. The van der Waals surface area contributed by atoms with Crippen LogP contribution >= 0.6 is 0 Å². The van der Waals surface area contributed by atoms with Crippen LogP contribution in [0.5, 0.6) is 5.75 Å². The van der Waals surface area contributed by atoms with Crippen molar-refractivity contribution in [1.29, 1.82) is 0 Å². The molecule has 1 aliphatic rings. The number of benzene rings is 1. The van der Waals surface area contributed by atoms with E-state index in [1.165, 1.54) is 11.1 Å². The largest absolute Gasteiger partial charge is 0.490 e. The molecule has 0 aromatic heterocycles. The topological polar surface area (TPSA) is 21.8 Å². The molecule has 1 heterocycles. The number of aryl methyl sites for hydroxylation is 1. The molecule has 1 aromatic carbocycles. The number of hydrogen-bond acceptors (Lipinski definition) is 2. The number of allylic oxidation sites excluding steroid dienone is 1. The van der Waals surface area contributed by atoms with Crippen molar-refractivity contribution in [2.45, 2.75) is 65.1 Å². The van der Waals surface area contributed by atoms with Crippen LogP contribution in [0.25, 0.3) is 0 Å². The summed E-state index contributed by atoms with van der Waals surface area (Å²) in [4.78, 5) is 0. The van der Waals surface area contributed by atoms with E-state index in [1.54, 1.807) is 0 Å². The molecular formula is C19H28O2. The van der Waals surface area contributed by atoms with Crippen molar-refractivity contribution in [2.24, 2.45) is 0 Å². The molecule has 2 nitrogen and oxygen atoms in total. The van der Waals surface area contributed by atoms with Gasteiger partial charge in [0.15, 0.2) is 0 Å². The summed E-state index contributed by atoms with van der Waals surface area (Å²) in [7, 11) is 0. The fourth-order valence-corrected chi connectivity index (χ4v) is 2.53. The highest BCUT2D eigenvalue weighted by atomic mass is 16.6. The van der Waals surface area contributed by atoms with Crippen LogP contribution < -0.4 is 4.74 Å². The fraction of sp³-hybridized carbons (Fsp3) is 0.579. The average Bonchev–Trinajstić information content (AvgIpc) is 2.96. The first-order valence-corrected chi connectivity index (χ1v) is 7.94. The minimum Gasteiger partial charge on any atom is -0.490 e. The molecule has 0 saturated carbocycles. The predicted octanol–water partition coefficient (Wildman–Crippen LogP) is 4.92. The highest BCUT2D eigenvalue weighted by Gasteiger charge is 2.59. The van der Waals surface area contributed by atoms with Crippen molar-refractivity contribution >= 4 is 0 Å². The molecule has 2 heteroatoms. The molecule has 1 aromatic rings. The second-order valence-electron chi connectivity index (χ2n) is 6.70. The molecule has 1 saturated heterocycles. The van der Waals surface area contributed by atoms with Gasteiger partial charge in [0.2, 0.25) is 0 Å². The Morgan fingerprint density at radius 3 is 2.33 bits per heavy atom. The zero-order chi connectivity index (χ0) is 15.5. The standard InChI is InChI=1S/C19H28O2/c1-6-16-7-9-17(10-8-16)20-14-12-15(2)11-13-19(5)18(3,4)21-19/h7-10,12H,6,11,13-14H2,1-5H3/b15-12+. The quantitative estimate of drug-likeness (QED) is 0.524. The van der Waals surface area contributed by atoms with Crippen LogP contribution in [0.15, 0.2) is 35.9 Å². The van der Waals surface area contributed by atoms with Gasteiger partial charge in [0.05, 0.1) is 11.2 Å². The Labute approximate surface area is 129 Å². The first kappa shape index (κ1) is 16.1. The van der Waals surface area contributed by atoms with E-state index in [4.69, 9.17) is 9.47 Å². The Morgan fingerprint density at radius 2 is 1.81 bits per heavy atom. The van der Waals surface area contributed by atoms with E-state index in [-0.39, 0.29) is 11.2 Å². The molecule has 21 heavy (non-hydrogen) atoms. The minimum atomic E-state index is 0.0464. The van der Waals surface area contributed by atoms with Crippen LogP contribution in [0.1, 0.15) is 53.0 Å². The van der Waals surface area contributed by atoms with Gasteiger partial charge >= 0.3 is 0 Å². The summed E-state index contributed by atoms with van der Waals surface area (Å²) in [5.41, 5.74) is 2.81. The van der Waals surface area contributed by atoms with E-state index < -0.39 is 0 Å². The zero-order valence-electron chi connectivity index (χ0n) is 14.0. The molecule has 1 atom stereocenters. The Balaban J connectivity index is 1.73. The third-order valence-corrected chi connectivity index (χ3v) is 4.72. The van der Waals surface area contributed by atoms with E-state index in [0.29, 0.717) is 6.61 Å². The van der Waals surface area contributed by atoms with Gasteiger partial charge in [-0.05, 0) is 70.7 Å². The lowest BCUT2D eigenvalue weighted by Crippen LogP contribution is -2.16. The van der Waals surface area contributed by atoms with Gasteiger partial charge in [-0.15, -0.1) is 0 Å². The molecule has 0 radical (unpaired) electrons. The lowest BCUT2D eigenvalue weighted by Gasteiger charge is -2.09. The summed E-state index contributed by atoms with van der Waals surface area (Å²) in [6, 6.07) is 8.34. The number of rotatable bonds is 7. The van der Waals surface area contributed by atoms with Crippen molar-refractivity contribution in [3.63, 3.8) is 0 Å². The van der Waals surface area contributed by atoms with Crippen molar-refractivity contribution in [1.82, 2.24) is 0 Å². The van der Waals surface area contributed by atoms with Crippen molar-refractivity contribution in [3.05, 3.63) is 41.5 Å². The molecule has 0 amide bonds. The van der Waals surface area contributed by atoms with Gasteiger partial charge in [-0.2, -0.15) is 0 Å². The molecule has 1 fully saturated rings. The molecule has 0 N–H and O–H groups in total. The average molecular weight is 288 g/mol. The van der Waals surface area contributed by atoms with E-state index in [2.05, 4.69) is 52.8 Å². The number of ether oxygens (including phenoxy) is 2. The molecule has 0 aliphatic carbocycles. The normalized spacial score (nSPS) is 24.0. The molecule has 1 unspecified atom stereocenters. The van der Waals surface area contributed by atoms with Crippen molar-refractivity contribution < 1.29 is 9.47 Å². The Morgan fingerprint density at radius 1 is 1.19 bits per heavy atom. The Kier molecular flexibility index (Phi) is 4.77. The first-order chi connectivity index (χ1) is 9.86. The maximum absolute atomic E-state index is 5.78. The summed E-state index contributed by atoms with van der Waals surface area (Å²) in [5, 5.41) is 0. The summed E-state index contributed by atoms with van der Waals surface area (Å²) >= 11 is 0. The van der Waals surface area contributed by atoms with Crippen LogP contribution in [0, 0.1) is 0 Å². The lowest BCUT2D eigenvalue weighted by atomic mass is 9.91. The van der Waals surface area contributed by atoms with Gasteiger partial charge in [-0.1, -0.05) is 24.6 Å². The van der Waals surface area contributed by atoms with E-state index in [1.807, 2.05) is 12.1 Å². The van der Waals surface area contributed by atoms with Gasteiger partial charge < -0.3 is 9.47 Å². The Hall–Kier alpha value is -1.28. The molecule has 2 rings (SSSR count). The van der Waals surface area contributed by atoms with Gasteiger partial charge in [-0.3, -0.25) is 0 Å². The van der Waals surface area contributed by atoms with Crippen LogP contribution in [-0.2, 0) is 11.2 Å². The summed E-state index contributed by atoms with van der Waals surface area (Å²) < 4.78 is 11.5. The summed E-state index contributed by atoms with van der Waals surface area (Å²) in [6.07, 6.45) is 5.38. The highest BCUT2D eigenvalue weighted by molar-refractivity contribution is 5.27. The monoisotopic (exact) mass is 288 g/mol. The van der Waals surface area contributed by atoms with Crippen LogP contribution in [0.4, 0.5) is 0 Å². The molecule has 116 valence electrons. The number of hydrogen-bond donors (Lipinski definition) is 0. The molecule has 0 bridgehead atoms. The van der Waals surface area contributed by atoms with Gasteiger partial charge in [0.1, 0.15) is 12.4 Å². The zero-order valence-corrected chi connectivity index (χ0v) is 14.0. The number of epoxide rings is 1.